The van der Waals surface area contributed by atoms with Crippen LogP contribution in [0.15, 0.2) is 72.8 Å². The number of hydrogen-bond donors (Lipinski definition) is 5. The second-order valence-electron chi connectivity index (χ2n) is 10.3. The molecule has 0 unspecified atom stereocenters. The van der Waals surface area contributed by atoms with Crippen LogP contribution in [0.2, 0.25) is 0 Å². The number of benzene rings is 3. The molecular formula is C31H34N4O6. The Morgan fingerprint density at radius 3 is 2.29 bits per heavy atom. The highest BCUT2D eigenvalue weighted by Gasteiger charge is 2.30. The molecule has 0 radical (unpaired) electrons. The topological polar surface area (TPSA) is 146 Å². The zero-order valence-corrected chi connectivity index (χ0v) is 23.1. The number of carbonyl (C=O) groups excluding carboxylic acids is 4. The van der Waals surface area contributed by atoms with Crippen LogP contribution in [-0.4, -0.2) is 46.9 Å². The van der Waals surface area contributed by atoms with Crippen molar-refractivity contribution in [1.29, 1.82) is 0 Å². The van der Waals surface area contributed by atoms with Crippen LogP contribution in [0.4, 0.5) is 0 Å². The number of fused-ring (bicyclic) bond motifs is 11. The summed E-state index contributed by atoms with van der Waals surface area (Å²) in [6.07, 6.45) is 0.196. The van der Waals surface area contributed by atoms with Crippen molar-refractivity contribution in [3.05, 3.63) is 89.5 Å². The lowest BCUT2D eigenvalue weighted by Crippen LogP contribution is -2.57. The van der Waals surface area contributed by atoms with E-state index in [4.69, 9.17) is 4.74 Å². The van der Waals surface area contributed by atoms with Gasteiger partial charge in [0.2, 0.25) is 17.7 Å². The van der Waals surface area contributed by atoms with Gasteiger partial charge in [0.1, 0.15) is 35.4 Å². The van der Waals surface area contributed by atoms with Crippen molar-refractivity contribution in [2.24, 2.45) is 5.92 Å². The molecule has 3 atom stereocenters. The molecule has 0 aliphatic carbocycles. The third-order valence-electron chi connectivity index (χ3n) is 6.74. The molecular weight excluding hydrogens is 524 g/mol. The van der Waals surface area contributed by atoms with Crippen LogP contribution in [0.25, 0.3) is 0 Å². The number of phenolic OH excluding ortho intramolecular Hbond substituents is 1. The van der Waals surface area contributed by atoms with Crippen LogP contribution < -0.4 is 26.0 Å². The second kappa shape index (κ2) is 13.0. The van der Waals surface area contributed by atoms with Crippen LogP contribution in [0.3, 0.4) is 0 Å². The van der Waals surface area contributed by atoms with E-state index in [2.05, 4.69) is 21.3 Å². The number of hydrogen-bond acceptors (Lipinski definition) is 6. The summed E-state index contributed by atoms with van der Waals surface area (Å²) < 4.78 is 5.89. The van der Waals surface area contributed by atoms with Crippen molar-refractivity contribution in [2.45, 2.75) is 51.9 Å². The highest BCUT2D eigenvalue weighted by atomic mass is 16.5. The maximum atomic E-state index is 13.2. The first-order valence-electron chi connectivity index (χ1n) is 13.4. The molecule has 0 fully saturated rings. The lowest BCUT2D eigenvalue weighted by atomic mass is 10.0. The summed E-state index contributed by atoms with van der Waals surface area (Å²) in [6.45, 7) is 5.29. The molecule has 214 valence electrons. The summed E-state index contributed by atoms with van der Waals surface area (Å²) in [6, 6.07) is 17.7. The van der Waals surface area contributed by atoms with Gasteiger partial charge in [-0.3, -0.25) is 19.2 Å². The number of carbonyl (C=O) groups is 4. The maximum Gasteiger partial charge on any atom is 0.255 e. The molecule has 10 nitrogen and oxygen atoms in total. The van der Waals surface area contributed by atoms with E-state index in [-0.39, 0.29) is 36.1 Å². The number of aromatic hydroxyl groups is 1. The predicted octanol–water partition coefficient (Wildman–Crippen LogP) is 2.80. The Hall–Kier alpha value is -4.86. The number of ether oxygens (including phenoxy) is 1. The van der Waals surface area contributed by atoms with Crippen LogP contribution in [-0.2, 0) is 27.3 Å². The number of rotatable bonds is 4. The Bertz CT molecular complexity index is 1410. The minimum absolute atomic E-state index is 0.0613. The molecule has 41 heavy (non-hydrogen) atoms. The van der Waals surface area contributed by atoms with E-state index in [0.717, 1.165) is 11.1 Å². The molecule has 0 saturated carbocycles. The Kier molecular flexibility index (Phi) is 9.23. The molecule has 5 rings (SSSR count). The first kappa shape index (κ1) is 29.1. The van der Waals surface area contributed by atoms with Crippen LogP contribution in [0.1, 0.15) is 42.3 Å². The molecule has 4 bridgehead atoms. The van der Waals surface area contributed by atoms with E-state index < -0.39 is 35.8 Å². The van der Waals surface area contributed by atoms with Gasteiger partial charge >= 0.3 is 0 Å². The van der Waals surface area contributed by atoms with Crippen molar-refractivity contribution < 1.29 is 29.0 Å². The Labute approximate surface area is 238 Å². The number of amides is 4. The molecule has 3 aromatic carbocycles. The molecule has 3 aromatic rings. The lowest BCUT2D eigenvalue weighted by molar-refractivity contribution is -0.132. The molecule has 5 N–H and O–H groups in total. The van der Waals surface area contributed by atoms with Gasteiger partial charge in [0.15, 0.2) is 0 Å². The minimum Gasteiger partial charge on any atom is -0.507 e. The number of phenols is 1. The molecule has 0 saturated heterocycles. The normalized spacial score (nSPS) is 19.7. The van der Waals surface area contributed by atoms with Crippen LogP contribution in [0, 0.1) is 5.92 Å². The molecule has 2 aliphatic heterocycles. The average molecular weight is 559 g/mol. The minimum atomic E-state index is -1.00. The number of nitrogens with one attached hydrogen (secondary N) is 4. The largest absolute Gasteiger partial charge is 0.507 e. The van der Waals surface area contributed by atoms with E-state index in [0.29, 0.717) is 11.5 Å². The third kappa shape index (κ3) is 7.63. The zero-order chi connectivity index (χ0) is 29.5. The van der Waals surface area contributed by atoms with Crippen molar-refractivity contribution in [2.75, 3.05) is 0 Å². The Morgan fingerprint density at radius 1 is 0.927 bits per heavy atom. The highest BCUT2D eigenvalue weighted by molar-refractivity contribution is 6.00. The summed E-state index contributed by atoms with van der Waals surface area (Å²) in [5, 5.41) is 21.2. The standard InChI is InChI=1S/C31H34N4O6/c1-18(2)27-31(40)33-19(3)28(37)34-25(30(39)32-17-21-7-5-4-6-8-21)15-20-9-11-22(12-10-20)41-23-13-14-26(36)24(16-23)29(38)35-27/h4-14,16,18-19,25,27,36H,15,17H2,1-3H3,(H,32,39)(H,33,40)(H,34,37)(H,35,38)/t19-,25+,27-/m0/s1. The molecule has 0 aromatic heterocycles. The van der Waals surface area contributed by atoms with E-state index >= 15 is 0 Å². The first-order valence-corrected chi connectivity index (χ1v) is 13.4. The van der Waals surface area contributed by atoms with E-state index in [9.17, 15) is 24.3 Å². The second-order valence-corrected chi connectivity index (χ2v) is 10.3. The molecule has 10 heteroatoms. The Morgan fingerprint density at radius 2 is 1.61 bits per heavy atom. The molecule has 4 amide bonds. The van der Waals surface area contributed by atoms with Crippen LogP contribution >= 0.6 is 0 Å². The SMILES string of the molecule is CC(C)[C@@H]1NC(=O)c2cc(ccc2O)Oc2ccc(cc2)C[C@H](C(=O)NCc2ccccc2)NC(=O)[C@H](C)NC1=O. The molecule has 0 spiro atoms. The monoisotopic (exact) mass is 558 g/mol. The van der Waals surface area contributed by atoms with Gasteiger partial charge in [-0.15, -0.1) is 0 Å². The van der Waals surface area contributed by atoms with Gasteiger partial charge < -0.3 is 31.1 Å². The quantitative estimate of drug-likeness (QED) is 0.311. The van der Waals surface area contributed by atoms with E-state index in [1.165, 1.54) is 25.1 Å². The highest BCUT2D eigenvalue weighted by Crippen LogP contribution is 2.28. The Balaban J connectivity index is 1.64. The summed E-state index contributed by atoms with van der Waals surface area (Å²) in [5.41, 5.74) is 1.61. The van der Waals surface area contributed by atoms with Gasteiger partial charge in [0.05, 0.1) is 5.56 Å². The van der Waals surface area contributed by atoms with Gasteiger partial charge in [0.25, 0.3) is 5.91 Å². The van der Waals surface area contributed by atoms with E-state index in [1.807, 2.05) is 30.3 Å². The fourth-order valence-corrected chi connectivity index (χ4v) is 4.36. The van der Waals surface area contributed by atoms with Gasteiger partial charge in [0, 0.05) is 13.0 Å². The zero-order valence-electron chi connectivity index (χ0n) is 23.1. The van der Waals surface area contributed by atoms with Crippen molar-refractivity contribution in [3.8, 4) is 17.2 Å². The van der Waals surface area contributed by atoms with Crippen molar-refractivity contribution in [3.63, 3.8) is 0 Å². The fraction of sp³-hybridized carbons (Fsp3) is 0.290. The smallest absolute Gasteiger partial charge is 0.255 e. The first-order chi connectivity index (χ1) is 19.6. The van der Waals surface area contributed by atoms with Crippen molar-refractivity contribution in [1.82, 2.24) is 21.3 Å². The fourth-order valence-electron chi connectivity index (χ4n) is 4.36. The average Bonchev–Trinajstić information content (AvgIpc) is 2.95. The summed E-state index contributed by atoms with van der Waals surface area (Å²) in [4.78, 5) is 52.6. The summed E-state index contributed by atoms with van der Waals surface area (Å²) in [7, 11) is 0. The van der Waals surface area contributed by atoms with Gasteiger partial charge in [-0.2, -0.15) is 0 Å². The maximum absolute atomic E-state index is 13.2. The van der Waals surface area contributed by atoms with Gasteiger partial charge in [-0.1, -0.05) is 56.3 Å². The van der Waals surface area contributed by atoms with Gasteiger partial charge in [-0.05, 0) is 54.3 Å². The van der Waals surface area contributed by atoms with Gasteiger partial charge in [-0.25, -0.2) is 0 Å². The third-order valence-corrected chi connectivity index (χ3v) is 6.74. The molecule has 2 heterocycles. The van der Waals surface area contributed by atoms with Crippen molar-refractivity contribution >= 4 is 23.6 Å². The van der Waals surface area contributed by atoms with Crippen LogP contribution in [0.5, 0.6) is 17.2 Å². The lowest BCUT2D eigenvalue weighted by Gasteiger charge is -2.25. The summed E-state index contributed by atoms with van der Waals surface area (Å²) >= 11 is 0. The van der Waals surface area contributed by atoms with E-state index in [1.54, 1.807) is 38.1 Å². The predicted molar refractivity (Wildman–Crippen MR) is 152 cm³/mol. The summed E-state index contributed by atoms with van der Waals surface area (Å²) in [5.74, 6) is -2.02. The molecule has 2 aliphatic rings.